The highest BCUT2D eigenvalue weighted by atomic mass is 19.1. The maximum absolute atomic E-state index is 13.1. The summed E-state index contributed by atoms with van der Waals surface area (Å²) in [4.78, 5) is 24.4. The van der Waals surface area contributed by atoms with E-state index in [-0.39, 0.29) is 19.0 Å². The first-order valence-corrected chi connectivity index (χ1v) is 9.25. The third kappa shape index (κ3) is 6.76. The number of nitrogens with one attached hydrogen (secondary N) is 1. The van der Waals surface area contributed by atoms with Crippen LogP contribution in [0.4, 0.5) is 9.18 Å². The molecular weight excluding hydrogens is 369 g/mol. The Hall–Kier alpha value is -2.19. The number of halogens is 1. The smallest absolute Gasteiger partial charge is 0.408 e. The van der Waals surface area contributed by atoms with Crippen LogP contribution in [-0.2, 0) is 25.4 Å². The van der Waals surface area contributed by atoms with E-state index in [0.29, 0.717) is 6.42 Å². The molecule has 0 aromatic heterocycles. The van der Waals surface area contributed by atoms with Crippen molar-refractivity contribution in [2.45, 2.75) is 58.0 Å². The second-order valence-electron chi connectivity index (χ2n) is 7.94. The van der Waals surface area contributed by atoms with Gasteiger partial charge in [0.2, 0.25) is 0 Å². The molecule has 1 amide bonds. The molecule has 1 fully saturated rings. The van der Waals surface area contributed by atoms with E-state index in [1.165, 1.54) is 12.1 Å². The van der Waals surface area contributed by atoms with Crippen LogP contribution in [0.3, 0.4) is 0 Å². The van der Waals surface area contributed by atoms with Crippen molar-refractivity contribution in [3.8, 4) is 0 Å². The highest BCUT2D eigenvalue weighted by molar-refractivity contribution is 5.81. The fourth-order valence-corrected chi connectivity index (χ4v) is 2.91. The third-order valence-electron chi connectivity index (χ3n) is 4.33. The maximum atomic E-state index is 13.1. The number of aliphatic hydroxyl groups excluding tert-OH is 1. The van der Waals surface area contributed by atoms with Gasteiger partial charge >= 0.3 is 12.1 Å². The first kappa shape index (κ1) is 22.1. The maximum Gasteiger partial charge on any atom is 0.408 e. The Morgan fingerprint density at radius 1 is 1.29 bits per heavy atom. The molecule has 1 aromatic carbocycles. The number of ether oxygens (including phenoxy) is 3. The molecule has 0 bridgehead atoms. The fraction of sp³-hybridized carbons (Fsp3) is 0.600. The summed E-state index contributed by atoms with van der Waals surface area (Å²) in [5, 5.41) is 12.9. The molecule has 0 unspecified atom stereocenters. The van der Waals surface area contributed by atoms with Crippen LogP contribution < -0.4 is 5.32 Å². The number of benzene rings is 1. The van der Waals surface area contributed by atoms with Crippen molar-refractivity contribution in [1.29, 1.82) is 0 Å². The van der Waals surface area contributed by atoms with E-state index in [1.54, 1.807) is 39.8 Å². The van der Waals surface area contributed by atoms with Crippen molar-refractivity contribution in [2.24, 2.45) is 5.92 Å². The van der Waals surface area contributed by atoms with Crippen molar-refractivity contribution in [3.63, 3.8) is 0 Å². The summed E-state index contributed by atoms with van der Waals surface area (Å²) >= 11 is 0. The molecule has 156 valence electrons. The van der Waals surface area contributed by atoms with Crippen LogP contribution in [0.5, 0.6) is 0 Å². The summed E-state index contributed by atoms with van der Waals surface area (Å²) in [6, 6.07) is 4.87. The molecule has 1 aromatic rings. The van der Waals surface area contributed by atoms with Crippen molar-refractivity contribution in [3.05, 3.63) is 35.6 Å². The van der Waals surface area contributed by atoms with E-state index in [4.69, 9.17) is 14.2 Å². The van der Waals surface area contributed by atoms with Crippen LogP contribution in [-0.4, -0.2) is 54.2 Å². The van der Waals surface area contributed by atoms with Crippen LogP contribution in [0.2, 0.25) is 0 Å². The van der Waals surface area contributed by atoms with Crippen LogP contribution in [0.1, 0.15) is 33.3 Å². The number of rotatable bonds is 3. The molecule has 8 heteroatoms. The predicted octanol–water partition coefficient (Wildman–Crippen LogP) is 2.20. The molecule has 7 nitrogen and oxygen atoms in total. The summed E-state index contributed by atoms with van der Waals surface area (Å²) in [6.45, 7) is 6.63. The Bertz CT molecular complexity index is 672. The van der Waals surface area contributed by atoms with Crippen molar-refractivity contribution >= 4 is 12.1 Å². The Morgan fingerprint density at radius 3 is 2.54 bits per heavy atom. The van der Waals surface area contributed by atoms with E-state index < -0.39 is 41.8 Å². The van der Waals surface area contributed by atoms with Gasteiger partial charge in [-0.3, -0.25) is 0 Å². The van der Waals surface area contributed by atoms with E-state index in [0.717, 1.165) is 5.56 Å². The van der Waals surface area contributed by atoms with Crippen molar-refractivity contribution in [2.75, 3.05) is 13.2 Å². The molecule has 2 rings (SSSR count). The van der Waals surface area contributed by atoms with E-state index in [2.05, 4.69) is 5.32 Å². The molecular formula is C20H28FNO6. The number of amides is 1. The summed E-state index contributed by atoms with van der Waals surface area (Å²) in [7, 11) is 0. The van der Waals surface area contributed by atoms with E-state index in [1.807, 2.05) is 0 Å². The lowest BCUT2D eigenvalue weighted by Gasteiger charge is -2.27. The Balaban J connectivity index is 2.06. The standard InChI is InChI=1S/C20H28FNO6/c1-12-15(9-13-5-7-14(21)8-6-13)17(23)11-26-10-16(18(24)27-12)22-19(25)28-20(2,3)4/h5-8,12,15-17,23H,9-11H2,1-4H3,(H,22,25)/t12-,15-,16-,17-/m0/s1. The molecule has 0 aliphatic carbocycles. The molecule has 4 atom stereocenters. The topological polar surface area (TPSA) is 94.1 Å². The van der Waals surface area contributed by atoms with E-state index >= 15 is 0 Å². The van der Waals surface area contributed by atoms with Gasteiger partial charge in [0.05, 0.1) is 19.3 Å². The Labute approximate surface area is 164 Å². The van der Waals surface area contributed by atoms with Crippen molar-refractivity contribution < 1.29 is 33.3 Å². The zero-order valence-electron chi connectivity index (χ0n) is 16.6. The Kier molecular flexibility index (Phi) is 7.37. The molecule has 1 aliphatic heterocycles. The minimum atomic E-state index is -1.05. The van der Waals surface area contributed by atoms with Gasteiger partial charge in [0.25, 0.3) is 0 Å². The van der Waals surface area contributed by atoms with Gasteiger partial charge in [-0.2, -0.15) is 0 Å². The van der Waals surface area contributed by atoms with Crippen LogP contribution in [0.25, 0.3) is 0 Å². The highest BCUT2D eigenvalue weighted by Gasteiger charge is 2.34. The lowest BCUT2D eigenvalue weighted by molar-refractivity contribution is -0.154. The van der Waals surface area contributed by atoms with Gasteiger partial charge in [-0.15, -0.1) is 0 Å². The van der Waals surface area contributed by atoms with Gasteiger partial charge in [-0.1, -0.05) is 12.1 Å². The van der Waals surface area contributed by atoms with Gasteiger partial charge in [0.15, 0.2) is 6.04 Å². The normalized spacial score (nSPS) is 26.4. The second-order valence-corrected chi connectivity index (χ2v) is 7.94. The monoisotopic (exact) mass is 397 g/mol. The number of hydrogen-bond acceptors (Lipinski definition) is 6. The number of carbonyl (C=O) groups is 2. The van der Waals surface area contributed by atoms with Crippen molar-refractivity contribution in [1.82, 2.24) is 5.32 Å². The fourth-order valence-electron chi connectivity index (χ4n) is 2.91. The molecule has 1 heterocycles. The number of esters is 1. The summed E-state index contributed by atoms with van der Waals surface area (Å²) < 4.78 is 29.2. The SMILES string of the molecule is C[C@@H]1OC(=O)[C@@H](NC(=O)OC(C)(C)C)COC[C@H](O)[C@H]1Cc1ccc(F)cc1. The Morgan fingerprint density at radius 2 is 1.93 bits per heavy atom. The van der Waals surface area contributed by atoms with Gasteiger partial charge in [-0.05, 0) is 51.8 Å². The first-order chi connectivity index (χ1) is 13.0. The van der Waals surface area contributed by atoms with Gasteiger partial charge in [-0.25, -0.2) is 14.0 Å². The zero-order chi connectivity index (χ0) is 20.9. The molecule has 28 heavy (non-hydrogen) atoms. The average Bonchev–Trinajstić information content (AvgIpc) is 2.61. The summed E-state index contributed by atoms with van der Waals surface area (Å²) in [5.41, 5.74) is 0.0907. The second kappa shape index (κ2) is 9.34. The number of carbonyl (C=O) groups excluding carboxylic acids is 2. The summed E-state index contributed by atoms with van der Waals surface area (Å²) in [5.74, 6) is -1.47. The number of aliphatic hydroxyl groups is 1. The quantitative estimate of drug-likeness (QED) is 0.760. The molecule has 0 spiro atoms. The van der Waals surface area contributed by atoms with Crippen LogP contribution in [0.15, 0.2) is 24.3 Å². The highest BCUT2D eigenvalue weighted by Crippen LogP contribution is 2.22. The van der Waals surface area contributed by atoms with Gasteiger partial charge in [0.1, 0.15) is 17.5 Å². The largest absolute Gasteiger partial charge is 0.461 e. The van der Waals surface area contributed by atoms with E-state index in [9.17, 15) is 19.1 Å². The van der Waals surface area contributed by atoms with Crippen LogP contribution >= 0.6 is 0 Å². The molecule has 1 saturated heterocycles. The van der Waals surface area contributed by atoms with Gasteiger partial charge in [0, 0.05) is 5.92 Å². The summed E-state index contributed by atoms with van der Waals surface area (Å²) in [6.07, 6.45) is -1.91. The number of alkyl carbamates (subject to hydrolysis) is 1. The van der Waals surface area contributed by atoms with Gasteiger partial charge < -0.3 is 24.6 Å². The predicted molar refractivity (Wildman–Crippen MR) is 99.1 cm³/mol. The molecule has 2 N–H and O–H groups in total. The molecule has 0 radical (unpaired) electrons. The third-order valence-corrected chi connectivity index (χ3v) is 4.33. The number of cyclic esters (lactones) is 1. The minimum absolute atomic E-state index is 0.0284. The average molecular weight is 397 g/mol. The lowest BCUT2D eigenvalue weighted by atomic mass is 9.90. The first-order valence-electron chi connectivity index (χ1n) is 9.25. The lowest BCUT2D eigenvalue weighted by Crippen LogP contribution is -2.47. The zero-order valence-corrected chi connectivity index (χ0v) is 16.6. The minimum Gasteiger partial charge on any atom is -0.461 e. The molecule has 0 saturated carbocycles. The molecule has 1 aliphatic rings. The van der Waals surface area contributed by atoms with Crippen LogP contribution in [0, 0.1) is 11.7 Å². The number of hydrogen-bond donors (Lipinski definition) is 2.